The molecular formula is C9H19N3O3. The van der Waals surface area contributed by atoms with Gasteiger partial charge in [0.2, 0.25) is 11.8 Å². The maximum Gasteiger partial charge on any atom is 0.249 e. The van der Waals surface area contributed by atoms with Crippen molar-refractivity contribution in [3.05, 3.63) is 0 Å². The molecule has 0 radical (unpaired) electrons. The van der Waals surface area contributed by atoms with Crippen LogP contribution in [-0.4, -0.2) is 49.1 Å². The number of hydrogen-bond donors (Lipinski definition) is 2. The van der Waals surface area contributed by atoms with E-state index in [0.717, 1.165) is 0 Å². The van der Waals surface area contributed by atoms with Crippen molar-refractivity contribution in [1.29, 1.82) is 0 Å². The molecule has 0 aromatic rings. The van der Waals surface area contributed by atoms with E-state index in [2.05, 4.69) is 0 Å². The molecule has 0 fully saturated rings. The zero-order valence-electron chi connectivity index (χ0n) is 9.23. The summed E-state index contributed by atoms with van der Waals surface area (Å²) in [5.41, 5.74) is 10.2. The van der Waals surface area contributed by atoms with Crippen molar-refractivity contribution in [1.82, 2.24) is 4.90 Å². The zero-order valence-corrected chi connectivity index (χ0v) is 9.23. The Labute approximate surface area is 89.5 Å². The quantitative estimate of drug-likeness (QED) is 0.517. The number of ether oxygens (including phenoxy) is 1. The minimum Gasteiger partial charge on any atom is -0.370 e. The monoisotopic (exact) mass is 217 g/mol. The van der Waals surface area contributed by atoms with Crippen LogP contribution in [0.2, 0.25) is 0 Å². The van der Waals surface area contributed by atoms with Crippen LogP contribution < -0.4 is 11.5 Å². The predicted octanol–water partition coefficient (Wildman–Crippen LogP) is -1.32. The van der Waals surface area contributed by atoms with E-state index < -0.39 is 5.91 Å². The van der Waals surface area contributed by atoms with Gasteiger partial charge in [0.25, 0.3) is 0 Å². The van der Waals surface area contributed by atoms with Crippen molar-refractivity contribution < 1.29 is 14.3 Å². The minimum atomic E-state index is -0.532. The topological polar surface area (TPSA) is 98.6 Å². The van der Waals surface area contributed by atoms with Gasteiger partial charge in [0.1, 0.15) is 6.61 Å². The summed E-state index contributed by atoms with van der Waals surface area (Å²) in [4.78, 5) is 23.6. The number of hydrogen-bond acceptors (Lipinski definition) is 4. The molecule has 0 bridgehead atoms. The molecule has 2 amide bonds. The molecule has 0 spiro atoms. The number of nitrogens with zero attached hydrogens (tertiary/aromatic N) is 1. The van der Waals surface area contributed by atoms with Crippen LogP contribution in [0.25, 0.3) is 0 Å². The van der Waals surface area contributed by atoms with Gasteiger partial charge in [0.05, 0.1) is 13.2 Å². The first-order valence-electron chi connectivity index (χ1n) is 4.84. The lowest BCUT2D eigenvalue weighted by Crippen LogP contribution is -2.44. The van der Waals surface area contributed by atoms with Gasteiger partial charge in [-0.15, -0.1) is 0 Å². The molecule has 0 rings (SSSR count). The van der Waals surface area contributed by atoms with E-state index in [9.17, 15) is 9.59 Å². The second-order valence-corrected chi connectivity index (χ2v) is 3.42. The van der Waals surface area contributed by atoms with Gasteiger partial charge >= 0.3 is 0 Å². The van der Waals surface area contributed by atoms with Crippen LogP contribution in [0.3, 0.4) is 0 Å². The van der Waals surface area contributed by atoms with E-state index >= 15 is 0 Å². The average molecular weight is 217 g/mol. The maximum absolute atomic E-state index is 11.5. The molecule has 6 heteroatoms. The Morgan fingerprint density at radius 3 is 2.40 bits per heavy atom. The first kappa shape index (κ1) is 13.9. The lowest BCUT2D eigenvalue weighted by molar-refractivity contribution is -0.140. The van der Waals surface area contributed by atoms with Gasteiger partial charge in [0.15, 0.2) is 0 Å². The molecule has 0 atom stereocenters. The SMILES string of the molecule is CC(C)N(CC(N)=O)C(=O)COCCN. The molecule has 0 aromatic carbocycles. The Morgan fingerprint density at radius 1 is 1.40 bits per heavy atom. The van der Waals surface area contributed by atoms with Crippen molar-refractivity contribution in [3.8, 4) is 0 Å². The van der Waals surface area contributed by atoms with Crippen LogP contribution in [0, 0.1) is 0 Å². The van der Waals surface area contributed by atoms with Crippen LogP contribution in [-0.2, 0) is 14.3 Å². The molecule has 6 nitrogen and oxygen atoms in total. The molecule has 15 heavy (non-hydrogen) atoms. The smallest absolute Gasteiger partial charge is 0.249 e. The number of carbonyl (C=O) groups is 2. The summed E-state index contributed by atoms with van der Waals surface area (Å²) in [6.45, 7) is 4.16. The highest BCUT2D eigenvalue weighted by atomic mass is 16.5. The van der Waals surface area contributed by atoms with Crippen molar-refractivity contribution >= 4 is 11.8 Å². The molecule has 0 unspecified atom stereocenters. The van der Waals surface area contributed by atoms with Gasteiger partial charge in [-0.1, -0.05) is 0 Å². The summed E-state index contributed by atoms with van der Waals surface area (Å²) in [7, 11) is 0. The highest BCUT2D eigenvalue weighted by Crippen LogP contribution is 1.98. The van der Waals surface area contributed by atoms with Crippen LogP contribution in [0.5, 0.6) is 0 Å². The highest BCUT2D eigenvalue weighted by Gasteiger charge is 2.18. The Morgan fingerprint density at radius 2 is 2.00 bits per heavy atom. The lowest BCUT2D eigenvalue weighted by Gasteiger charge is -2.25. The molecule has 4 N–H and O–H groups in total. The van der Waals surface area contributed by atoms with Gasteiger partial charge < -0.3 is 21.1 Å². The summed E-state index contributed by atoms with van der Waals surface area (Å²) in [6.07, 6.45) is 0. The Hall–Kier alpha value is -1.14. The van der Waals surface area contributed by atoms with E-state index in [4.69, 9.17) is 16.2 Å². The van der Waals surface area contributed by atoms with E-state index in [1.54, 1.807) is 0 Å². The molecule has 0 aliphatic rings. The van der Waals surface area contributed by atoms with Crippen molar-refractivity contribution in [2.75, 3.05) is 26.3 Å². The fourth-order valence-corrected chi connectivity index (χ4v) is 1.05. The molecular weight excluding hydrogens is 198 g/mol. The third kappa shape index (κ3) is 6.03. The van der Waals surface area contributed by atoms with Crippen molar-refractivity contribution in [2.45, 2.75) is 19.9 Å². The first-order chi connectivity index (χ1) is 6.99. The fourth-order valence-electron chi connectivity index (χ4n) is 1.05. The van der Waals surface area contributed by atoms with E-state index in [1.165, 1.54) is 4.90 Å². The Bertz CT molecular complexity index is 219. The van der Waals surface area contributed by atoms with Crippen LogP contribution in [0.1, 0.15) is 13.8 Å². The Kier molecular flexibility index (Phi) is 6.64. The summed E-state index contributed by atoms with van der Waals surface area (Å²) in [5, 5.41) is 0. The van der Waals surface area contributed by atoms with Crippen LogP contribution in [0.15, 0.2) is 0 Å². The minimum absolute atomic E-state index is 0.0668. The fraction of sp³-hybridized carbons (Fsp3) is 0.778. The molecule has 0 aromatic heterocycles. The van der Waals surface area contributed by atoms with Gasteiger partial charge in [-0.2, -0.15) is 0 Å². The average Bonchev–Trinajstić information content (AvgIpc) is 2.13. The van der Waals surface area contributed by atoms with Crippen molar-refractivity contribution in [2.24, 2.45) is 11.5 Å². The highest BCUT2D eigenvalue weighted by molar-refractivity contribution is 5.84. The number of carbonyl (C=O) groups excluding carboxylic acids is 2. The second kappa shape index (κ2) is 7.19. The van der Waals surface area contributed by atoms with Crippen molar-refractivity contribution in [3.63, 3.8) is 0 Å². The third-order valence-electron chi connectivity index (χ3n) is 1.76. The Balaban J connectivity index is 4.11. The van der Waals surface area contributed by atoms with E-state index in [1.807, 2.05) is 13.8 Å². The summed E-state index contributed by atoms with van der Waals surface area (Å²) in [6, 6.07) is -0.0773. The predicted molar refractivity (Wildman–Crippen MR) is 55.9 cm³/mol. The summed E-state index contributed by atoms with van der Waals surface area (Å²) >= 11 is 0. The maximum atomic E-state index is 11.5. The lowest BCUT2D eigenvalue weighted by atomic mass is 10.3. The van der Waals surface area contributed by atoms with Gasteiger partial charge in [-0.3, -0.25) is 9.59 Å². The molecule has 88 valence electrons. The molecule has 0 heterocycles. The number of primary amides is 1. The second-order valence-electron chi connectivity index (χ2n) is 3.42. The molecule has 0 aliphatic carbocycles. The molecule has 0 saturated carbocycles. The van der Waals surface area contributed by atoms with Gasteiger partial charge in [-0.25, -0.2) is 0 Å². The van der Waals surface area contributed by atoms with Crippen LogP contribution in [0.4, 0.5) is 0 Å². The number of amides is 2. The summed E-state index contributed by atoms with van der Waals surface area (Å²) < 4.78 is 4.99. The molecule has 0 aliphatic heterocycles. The number of nitrogens with two attached hydrogens (primary N) is 2. The third-order valence-corrected chi connectivity index (χ3v) is 1.76. The first-order valence-corrected chi connectivity index (χ1v) is 4.84. The number of rotatable bonds is 7. The van der Waals surface area contributed by atoms with Gasteiger partial charge in [0, 0.05) is 12.6 Å². The largest absolute Gasteiger partial charge is 0.370 e. The normalized spacial score (nSPS) is 10.4. The zero-order chi connectivity index (χ0) is 11.8. The van der Waals surface area contributed by atoms with Crippen LogP contribution >= 0.6 is 0 Å². The van der Waals surface area contributed by atoms with E-state index in [-0.39, 0.29) is 25.1 Å². The van der Waals surface area contributed by atoms with Gasteiger partial charge in [-0.05, 0) is 13.8 Å². The van der Waals surface area contributed by atoms with E-state index in [0.29, 0.717) is 13.2 Å². The standard InChI is InChI=1S/C9H19N3O3/c1-7(2)12(5-8(11)13)9(14)6-15-4-3-10/h7H,3-6,10H2,1-2H3,(H2,11,13). The summed E-state index contributed by atoms with van der Waals surface area (Å²) in [5.74, 6) is -0.784. The molecule has 0 saturated heterocycles.